The van der Waals surface area contributed by atoms with E-state index >= 15 is 0 Å². The van der Waals surface area contributed by atoms with Gasteiger partial charge in [-0.2, -0.15) is 13.7 Å². The number of nitrogens with zero attached hydrogens (tertiary/aromatic N) is 5. The van der Waals surface area contributed by atoms with E-state index in [9.17, 15) is 13.7 Å². The van der Waals surface area contributed by atoms with Crippen molar-refractivity contribution in [2.24, 2.45) is 0 Å². The third-order valence-corrected chi connectivity index (χ3v) is 6.68. The molecule has 10 nitrogen and oxygen atoms in total. The lowest BCUT2D eigenvalue weighted by Gasteiger charge is -2.16. The SMILES string of the molecule is COc1ccccc1Oc1c(Cl)nc(-c2ccnc(C#N)c2)nc1NS(=O)(=O)c1ccc(C(C)C)cn1. The van der Waals surface area contributed by atoms with Gasteiger partial charge in [0.05, 0.1) is 7.11 Å². The van der Waals surface area contributed by atoms with Gasteiger partial charge in [0.25, 0.3) is 10.0 Å². The van der Waals surface area contributed by atoms with Crippen LogP contribution in [0.5, 0.6) is 17.2 Å². The van der Waals surface area contributed by atoms with Crippen LogP contribution in [-0.4, -0.2) is 35.5 Å². The molecule has 188 valence electrons. The number of benzene rings is 1. The molecule has 0 bridgehead atoms. The second-order valence-electron chi connectivity index (χ2n) is 8.00. The van der Waals surface area contributed by atoms with Crippen LogP contribution in [0.2, 0.25) is 5.15 Å². The Balaban J connectivity index is 1.82. The van der Waals surface area contributed by atoms with Crippen molar-refractivity contribution in [2.45, 2.75) is 24.8 Å². The Kier molecular flexibility index (Phi) is 7.52. The summed E-state index contributed by atoms with van der Waals surface area (Å²) in [5.41, 5.74) is 1.41. The second kappa shape index (κ2) is 10.8. The van der Waals surface area contributed by atoms with Gasteiger partial charge in [-0.3, -0.25) is 4.72 Å². The third-order valence-electron chi connectivity index (χ3n) is 5.17. The summed E-state index contributed by atoms with van der Waals surface area (Å²) in [6.45, 7) is 3.96. The molecule has 12 heteroatoms. The highest BCUT2D eigenvalue weighted by molar-refractivity contribution is 7.92. The van der Waals surface area contributed by atoms with Crippen LogP contribution in [0.25, 0.3) is 11.4 Å². The molecule has 0 amide bonds. The number of halogens is 1. The van der Waals surface area contributed by atoms with Gasteiger partial charge in [-0.15, -0.1) is 0 Å². The van der Waals surface area contributed by atoms with E-state index in [0.29, 0.717) is 11.3 Å². The maximum absolute atomic E-state index is 13.3. The van der Waals surface area contributed by atoms with Gasteiger partial charge in [0, 0.05) is 18.0 Å². The molecule has 3 heterocycles. The lowest BCUT2D eigenvalue weighted by Crippen LogP contribution is -2.17. The molecule has 37 heavy (non-hydrogen) atoms. The summed E-state index contributed by atoms with van der Waals surface area (Å²) in [6.07, 6.45) is 2.92. The van der Waals surface area contributed by atoms with Crippen LogP contribution < -0.4 is 14.2 Å². The summed E-state index contributed by atoms with van der Waals surface area (Å²) in [5, 5.41) is 8.81. The fourth-order valence-corrected chi connectivity index (χ4v) is 4.37. The van der Waals surface area contributed by atoms with E-state index in [4.69, 9.17) is 21.1 Å². The quantitative estimate of drug-likeness (QED) is 0.301. The molecule has 0 aliphatic rings. The largest absolute Gasteiger partial charge is 0.493 e. The Bertz CT molecular complexity index is 1590. The van der Waals surface area contributed by atoms with Crippen LogP contribution in [0.3, 0.4) is 0 Å². The van der Waals surface area contributed by atoms with E-state index in [1.165, 1.54) is 31.6 Å². The average Bonchev–Trinajstić information content (AvgIpc) is 2.90. The van der Waals surface area contributed by atoms with Gasteiger partial charge in [-0.1, -0.05) is 43.6 Å². The minimum Gasteiger partial charge on any atom is -0.493 e. The zero-order chi connectivity index (χ0) is 26.6. The number of para-hydroxylation sites is 2. The number of hydrogen-bond donors (Lipinski definition) is 1. The van der Waals surface area contributed by atoms with E-state index in [1.54, 1.807) is 36.4 Å². The number of hydrogen-bond acceptors (Lipinski definition) is 9. The number of methoxy groups -OCH3 is 1. The van der Waals surface area contributed by atoms with Crippen molar-refractivity contribution in [1.82, 2.24) is 19.9 Å². The summed E-state index contributed by atoms with van der Waals surface area (Å²) in [6, 6.07) is 14.8. The Labute approximate surface area is 219 Å². The molecule has 0 aliphatic heterocycles. The van der Waals surface area contributed by atoms with E-state index in [2.05, 4.69) is 24.7 Å². The first-order chi connectivity index (χ1) is 17.7. The van der Waals surface area contributed by atoms with Crippen molar-refractivity contribution in [3.05, 3.63) is 77.3 Å². The molecular weight excluding hydrogens is 516 g/mol. The Morgan fingerprint density at radius 2 is 1.81 bits per heavy atom. The van der Waals surface area contributed by atoms with Crippen LogP contribution >= 0.6 is 11.6 Å². The molecule has 0 saturated heterocycles. The van der Waals surface area contributed by atoms with Crippen LogP contribution in [0, 0.1) is 11.3 Å². The van der Waals surface area contributed by atoms with Gasteiger partial charge in [0.15, 0.2) is 33.3 Å². The van der Waals surface area contributed by atoms with Gasteiger partial charge in [0.1, 0.15) is 11.8 Å². The average molecular weight is 537 g/mol. The molecule has 1 N–H and O–H groups in total. The topological polar surface area (TPSA) is 140 Å². The molecule has 3 aromatic heterocycles. The summed E-state index contributed by atoms with van der Waals surface area (Å²) < 4.78 is 40.2. The van der Waals surface area contributed by atoms with E-state index in [0.717, 1.165) is 5.56 Å². The van der Waals surface area contributed by atoms with Crippen LogP contribution in [0.4, 0.5) is 5.82 Å². The van der Waals surface area contributed by atoms with Gasteiger partial charge in [-0.05, 0) is 41.8 Å². The molecule has 4 rings (SSSR count). The van der Waals surface area contributed by atoms with Crippen LogP contribution in [-0.2, 0) is 10.0 Å². The number of nitriles is 1. The lowest BCUT2D eigenvalue weighted by molar-refractivity contribution is 0.378. The molecule has 0 aliphatic carbocycles. The first kappa shape index (κ1) is 25.8. The maximum Gasteiger partial charge on any atom is 0.280 e. The second-order valence-corrected chi connectivity index (χ2v) is 9.99. The number of aromatic nitrogens is 4. The number of sulfonamides is 1. The number of pyridine rings is 2. The van der Waals surface area contributed by atoms with Crippen molar-refractivity contribution in [3.8, 4) is 34.7 Å². The van der Waals surface area contributed by atoms with Gasteiger partial charge < -0.3 is 9.47 Å². The Morgan fingerprint density at radius 1 is 1.05 bits per heavy atom. The summed E-state index contributed by atoms with van der Waals surface area (Å²) in [5.74, 6) is 0.504. The maximum atomic E-state index is 13.3. The Hall–Kier alpha value is -4.27. The molecule has 0 atom stereocenters. The Morgan fingerprint density at radius 3 is 2.46 bits per heavy atom. The zero-order valence-corrected chi connectivity index (χ0v) is 21.6. The highest BCUT2D eigenvalue weighted by Gasteiger charge is 2.24. The van der Waals surface area contributed by atoms with Crippen molar-refractivity contribution >= 4 is 27.4 Å². The summed E-state index contributed by atoms with van der Waals surface area (Å²) in [4.78, 5) is 16.7. The first-order valence-corrected chi connectivity index (χ1v) is 12.8. The third kappa shape index (κ3) is 5.77. The number of ether oxygens (including phenoxy) is 2. The van der Waals surface area contributed by atoms with Gasteiger partial charge in [-0.25, -0.2) is 19.9 Å². The van der Waals surface area contributed by atoms with Gasteiger partial charge in [0.2, 0.25) is 5.75 Å². The molecule has 0 spiro atoms. The predicted molar refractivity (Wildman–Crippen MR) is 137 cm³/mol. The van der Waals surface area contributed by atoms with Crippen molar-refractivity contribution < 1.29 is 17.9 Å². The molecule has 0 unspecified atom stereocenters. The minimum absolute atomic E-state index is 0.0529. The highest BCUT2D eigenvalue weighted by atomic mass is 35.5. The van der Waals surface area contributed by atoms with Crippen molar-refractivity contribution in [1.29, 1.82) is 5.26 Å². The molecule has 4 aromatic rings. The fourth-order valence-electron chi connectivity index (χ4n) is 3.23. The van der Waals surface area contributed by atoms with Crippen LogP contribution in [0.1, 0.15) is 31.0 Å². The smallest absolute Gasteiger partial charge is 0.280 e. The normalized spacial score (nSPS) is 11.1. The molecule has 0 saturated carbocycles. The zero-order valence-electron chi connectivity index (χ0n) is 20.0. The van der Waals surface area contributed by atoms with Crippen molar-refractivity contribution in [2.75, 3.05) is 11.8 Å². The van der Waals surface area contributed by atoms with E-state index in [-0.39, 0.29) is 44.9 Å². The number of anilines is 1. The standard InChI is InChI=1S/C25H21ClN6O4S/c1-15(2)17-8-9-21(29-14-17)37(33,34)32-25-22(36-20-7-5-4-6-19(20)35-3)23(26)30-24(31-25)16-10-11-28-18(12-16)13-27/h4-12,14-15H,1-3H3,(H,30,31,32). The van der Waals surface area contributed by atoms with E-state index in [1.807, 2.05) is 19.9 Å². The molecule has 0 fully saturated rings. The molecule has 1 aromatic carbocycles. The van der Waals surface area contributed by atoms with Crippen molar-refractivity contribution in [3.63, 3.8) is 0 Å². The molecular formula is C25H21ClN6O4S. The minimum atomic E-state index is -4.20. The van der Waals surface area contributed by atoms with Crippen LogP contribution in [0.15, 0.2) is 66.0 Å². The lowest BCUT2D eigenvalue weighted by atomic mass is 10.1. The fraction of sp³-hybridized carbons (Fsp3) is 0.160. The number of nitrogens with one attached hydrogen (secondary N) is 1. The summed E-state index contributed by atoms with van der Waals surface area (Å²) in [7, 11) is -2.73. The predicted octanol–water partition coefficient (Wildman–Crippen LogP) is 5.18. The summed E-state index contributed by atoms with van der Waals surface area (Å²) >= 11 is 6.49. The molecule has 0 radical (unpaired) electrons. The monoisotopic (exact) mass is 536 g/mol. The highest BCUT2D eigenvalue weighted by Crippen LogP contribution is 2.40. The first-order valence-electron chi connectivity index (χ1n) is 11.0. The van der Waals surface area contributed by atoms with E-state index < -0.39 is 10.0 Å². The number of rotatable bonds is 8. The van der Waals surface area contributed by atoms with Gasteiger partial charge >= 0.3 is 0 Å².